The number of hydrogen-bond donors (Lipinski definition) is 2. The monoisotopic (exact) mass is 365 g/mol. The maximum atomic E-state index is 12.9. The van der Waals surface area contributed by atoms with Gasteiger partial charge in [-0.05, 0) is 30.4 Å². The van der Waals surface area contributed by atoms with Crippen molar-refractivity contribution in [1.29, 1.82) is 0 Å². The zero-order valence-corrected chi connectivity index (χ0v) is 15.2. The molecule has 7 heteroatoms. The van der Waals surface area contributed by atoms with Crippen LogP contribution in [-0.2, 0) is 13.6 Å². The number of imidazole rings is 1. The van der Waals surface area contributed by atoms with E-state index in [-0.39, 0.29) is 11.9 Å². The van der Waals surface area contributed by atoms with Gasteiger partial charge in [-0.3, -0.25) is 9.48 Å². The highest BCUT2D eigenvalue weighted by Gasteiger charge is 2.34. The lowest BCUT2D eigenvalue weighted by molar-refractivity contribution is 0.0873. The Hall–Kier alpha value is -2.93. The van der Waals surface area contributed by atoms with Crippen LogP contribution in [0.5, 0.6) is 0 Å². The van der Waals surface area contributed by atoms with E-state index in [9.17, 15) is 9.90 Å². The zero-order valence-electron chi connectivity index (χ0n) is 15.2. The lowest BCUT2D eigenvalue weighted by Gasteiger charge is -2.17. The van der Waals surface area contributed by atoms with Gasteiger partial charge >= 0.3 is 0 Å². The topological polar surface area (TPSA) is 85.0 Å². The molecule has 2 N–H and O–H groups in total. The van der Waals surface area contributed by atoms with Crippen LogP contribution in [0.25, 0.3) is 11.1 Å². The molecule has 4 rings (SSSR count). The van der Waals surface area contributed by atoms with E-state index in [2.05, 4.69) is 15.4 Å². The summed E-state index contributed by atoms with van der Waals surface area (Å²) in [6.45, 7) is 0.801. The molecule has 3 aromatic rings. The molecular formula is C20H23N5O2. The van der Waals surface area contributed by atoms with Gasteiger partial charge in [0.05, 0.1) is 24.7 Å². The van der Waals surface area contributed by atoms with Gasteiger partial charge in [0.2, 0.25) is 0 Å². The Labute approximate surface area is 157 Å². The van der Waals surface area contributed by atoms with Crippen LogP contribution in [0.15, 0.2) is 55.4 Å². The fourth-order valence-corrected chi connectivity index (χ4v) is 3.85. The summed E-state index contributed by atoms with van der Waals surface area (Å²) in [6, 6.07) is 7.24. The third-order valence-electron chi connectivity index (χ3n) is 5.16. The predicted octanol–water partition coefficient (Wildman–Crippen LogP) is 1.85. The molecule has 1 unspecified atom stereocenters. The molecule has 1 aliphatic rings. The summed E-state index contributed by atoms with van der Waals surface area (Å²) >= 11 is 0. The van der Waals surface area contributed by atoms with Crippen LogP contribution in [0.3, 0.4) is 0 Å². The minimum atomic E-state index is -0.534. The number of carbonyl (C=O) groups excluding carboxylic acids is 1. The summed E-state index contributed by atoms with van der Waals surface area (Å²) in [4.78, 5) is 17.0. The SMILES string of the molecule is Cn1cc(-c2ccccc2C(=O)N[C@@H]2CC(Cn3ccnc3)C[C@H]2O)cn1. The lowest BCUT2D eigenvalue weighted by atomic mass is 10.0. The van der Waals surface area contributed by atoms with Crippen molar-refractivity contribution >= 4 is 5.91 Å². The minimum absolute atomic E-state index is 0.165. The van der Waals surface area contributed by atoms with Crippen LogP contribution in [0.1, 0.15) is 23.2 Å². The summed E-state index contributed by atoms with van der Waals surface area (Å²) in [7, 11) is 1.85. The second kappa shape index (κ2) is 7.36. The lowest BCUT2D eigenvalue weighted by Crippen LogP contribution is -2.40. The highest BCUT2D eigenvalue weighted by molar-refractivity contribution is 6.01. The van der Waals surface area contributed by atoms with Gasteiger partial charge in [-0.15, -0.1) is 0 Å². The summed E-state index contributed by atoms with van der Waals surface area (Å²) in [6.07, 6.45) is 9.97. The van der Waals surface area contributed by atoms with Crippen LogP contribution in [0.4, 0.5) is 0 Å². The van der Waals surface area contributed by atoms with Gasteiger partial charge in [0, 0.05) is 43.3 Å². The number of benzene rings is 1. The van der Waals surface area contributed by atoms with E-state index in [1.165, 1.54) is 0 Å². The number of rotatable bonds is 5. The van der Waals surface area contributed by atoms with Gasteiger partial charge in [0.1, 0.15) is 0 Å². The van der Waals surface area contributed by atoms with E-state index in [1.807, 2.05) is 48.3 Å². The van der Waals surface area contributed by atoms with Crippen molar-refractivity contribution in [3.8, 4) is 11.1 Å². The number of aryl methyl sites for hydroxylation is 1. The molecule has 3 atom stereocenters. The smallest absolute Gasteiger partial charge is 0.252 e. The van der Waals surface area contributed by atoms with Crippen LogP contribution < -0.4 is 5.32 Å². The van der Waals surface area contributed by atoms with E-state index < -0.39 is 6.10 Å². The molecule has 1 amide bonds. The maximum Gasteiger partial charge on any atom is 0.252 e. The fraction of sp³-hybridized carbons (Fsp3) is 0.350. The molecule has 1 aliphatic carbocycles. The molecule has 7 nitrogen and oxygen atoms in total. The molecule has 0 spiro atoms. The van der Waals surface area contributed by atoms with E-state index in [0.717, 1.165) is 24.1 Å². The zero-order chi connectivity index (χ0) is 18.8. The summed E-state index contributed by atoms with van der Waals surface area (Å²) in [5.41, 5.74) is 2.33. The normalized spacial score (nSPS) is 22.1. The molecule has 2 heterocycles. The first-order valence-electron chi connectivity index (χ1n) is 9.13. The van der Waals surface area contributed by atoms with E-state index in [0.29, 0.717) is 17.9 Å². The Balaban J connectivity index is 1.46. The highest BCUT2D eigenvalue weighted by atomic mass is 16.3. The van der Waals surface area contributed by atoms with E-state index in [1.54, 1.807) is 23.4 Å². The van der Waals surface area contributed by atoms with Crippen molar-refractivity contribution in [3.05, 3.63) is 60.9 Å². The number of aliphatic hydroxyl groups excluding tert-OH is 1. The van der Waals surface area contributed by atoms with Crippen LogP contribution in [0, 0.1) is 5.92 Å². The van der Waals surface area contributed by atoms with Gasteiger partial charge in [-0.1, -0.05) is 18.2 Å². The molecule has 27 heavy (non-hydrogen) atoms. The Morgan fingerprint density at radius 3 is 2.93 bits per heavy atom. The molecular weight excluding hydrogens is 342 g/mol. The number of carbonyl (C=O) groups is 1. The van der Waals surface area contributed by atoms with Gasteiger partial charge in [0.15, 0.2) is 0 Å². The number of amides is 1. The van der Waals surface area contributed by atoms with Crippen molar-refractivity contribution in [2.24, 2.45) is 13.0 Å². The van der Waals surface area contributed by atoms with Crippen LogP contribution >= 0.6 is 0 Å². The fourth-order valence-electron chi connectivity index (χ4n) is 3.85. The summed E-state index contributed by atoms with van der Waals surface area (Å²) < 4.78 is 3.73. The molecule has 0 aliphatic heterocycles. The standard InChI is InChI=1S/C20H23N5O2/c1-24-12-15(10-22-24)16-4-2-3-5-17(16)20(27)23-18-8-14(9-19(18)26)11-25-7-6-21-13-25/h2-7,10,12-14,18-19,26H,8-9,11H2,1H3,(H,23,27)/t14?,18-,19-/m1/s1. The molecule has 0 bridgehead atoms. The minimum Gasteiger partial charge on any atom is -0.391 e. The van der Waals surface area contributed by atoms with Crippen LogP contribution in [-0.4, -0.2) is 42.5 Å². The van der Waals surface area contributed by atoms with Crippen molar-refractivity contribution < 1.29 is 9.90 Å². The number of hydrogen-bond acceptors (Lipinski definition) is 4. The highest BCUT2D eigenvalue weighted by Crippen LogP contribution is 2.29. The van der Waals surface area contributed by atoms with E-state index in [4.69, 9.17) is 0 Å². The molecule has 1 aromatic carbocycles. The number of aliphatic hydroxyl groups is 1. The molecule has 2 aromatic heterocycles. The summed E-state index contributed by atoms with van der Waals surface area (Å²) in [5.74, 6) is 0.148. The van der Waals surface area contributed by atoms with Crippen molar-refractivity contribution in [3.63, 3.8) is 0 Å². The number of nitrogens with one attached hydrogen (secondary N) is 1. The number of nitrogens with zero attached hydrogens (tertiary/aromatic N) is 4. The van der Waals surface area contributed by atoms with Gasteiger partial charge in [-0.2, -0.15) is 5.10 Å². The summed E-state index contributed by atoms with van der Waals surface area (Å²) in [5, 5.41) is 17.6. The predicted molar refractivity (Wildman–Crippen MR) is 101 cm³/mol. The number of aromatic nitrogens is 4. The second-order valence-corrected chi connectivity index (χ2v) is 7.19. The van der Waals surface area contributed by atoms with Gasteiger partial charge in [-0.25, -0.2) is 4.98 Å². The Morgan fingerprint density at radius 2 is 2.19 bits per heavy atom. The Kier molecular flexibility index (Phi) is 4.77. The van der Waals surface area contributed by atoms with Crippen LogP contribution in [0.2, 0.25) is 0 Å². The molecule has 1 saturated carbocycles. The average Bonchev–Trinajstić information content (AvgIpc) is 3.38. The second-order valence-electron chi connectivity index (χ2n) is 7.19. The van der Waals surface area contributed by atoms with Crippen molar-refractivity contribution in [2.45, 2.75) is 31.5 Å². The molecule has 140 valence electrons. The first-order valence-corrected chi connectivity index (χ1v) is 9.13. The molecule has 0 saturated heterocycles. The van der Waals surface area contributed by atoms with Gasteiger partial charge < -0.3 is 15.0 Å². The molecule has 1 fully saturated rings. The first-order chi connectivity index (χ1) is 13.1. The van der Waals surface area contributed by atoms with Crippen molar-refractivity contribution in [2.75, 3.05) is 0 Å². The Bertz CT molecular complexity index is 918. The van der Waals surface area contributed by atoms with Crippen molar-refractivity contribution in [1.82, 2.24) is 24.6 Å². The first kappa shape index (κ1) is 17.5. The maximum absolute atomic E-state index is 12.9. The average molecular weight is 365 g/mol. The van der Waals surface area contributed by atoms with Gasteiger partial charge in [0.25, 0.3) is 5.91 Å². The largest absolute Gasteiger partial charge is 0.391 e. The quantitative estimate of drug-likeness (QED) is 0.723. The van der Waals surface area contributed by atoms with E-state index >= 15 is 0 Å². The third-order valence-corrected chi connectivity index (χ3v) is 5.16. The third kappa shape index (κ3) is 3.78. The molecule has 0 radical (unpaired) electrons. The Morgan fingerprint density at radius 1 is 1.33 bits per heavy atom.